The van der Waals surface area contributed by atoms with Crippen LogP contribution in [-0.4, -0.2) is 17.1 Å². The quantitative estimate of drug-likeness (QED) is 0.574. The third-order valence-electron chi connectivity index (χ3n) is 3.98. The molecule has 0 aliphatic heterocycles. The van der Waals surface area contributed by atoms with Crippen LogP contribution in [0.4, 0.5) is 0 Å². The first-order valence-corrected chi connectivity index (χ1v) is 9.30. The van der Waals surface area contributed by atoms with E-state index in [0.717, 1.165) is 33.4 Å². The van der Waals surface area contributed by atoms with Crippen LogP contribution in [0.25, 0.3) is 21.5 Å². The maximum Gasteiger partial charge on any atom is 0.142 e. The van der Waals surface area contributed by atoms with Gasteiger partial charge in [0.15, 0.2) is 0 Å². The molecule has 3 nitrogen and oxygen atoms in total. The van der Waals surface area contributed by atoms with Crippen molar-refractivity contribution in [2.75, 3.05) is 7.11 Å². The molecular weight excluding hydrogens is 316 g/mol. The fraction of sp³-hybridized carbons (Fsp3) is 0.400. The molecule has 4 heteroatoms. The zero-order valence-electron chi connectivity index (χ0n) is 15.6. The lowest BCUT2D eigenvalue weighted by Gasteiger charge is -2.11. The van der Waals surface area contributed by atoms with E-state index in [1.807, 2.05) is 19.9 Å². The maximum absolute atomic E-state index is 5.44. The van der Waals surface area contributed by atoms with Gasteiger partial charge in [-0.25, -0.2) is 9.97 Å². The van der Waals surface area contributed by atoms with Crippen LogP contribution in [0.1, 0.15) is 50.6 Å². The minimum Gasteiger partial charge on any atom is -0.496 e. The predicted octanol–water partition coefficient (Wildman–Crippen LogP) is 6.13. The molecule has 0 aliphatic rings. The van der Waals surface area contributed by atoms with Gasteiger partial charge in [-0.15, -0.1) is 11.3 Å². The summed E-state index contributed by atoms with van der Waals surface area (Å²) in [4.78, 5) is 9.47. The average Bonchev–Trinajstić information content (AvgIpc) is 3.08. The number of pyridine rings is 1. The number of aromatic nitrogens is 2. The van der Waals surface area contributed by atoms with Crippen LogP contribution in [0.2, 0.25) is 0 Å². The molecule has 0 atom stereocenters. The van der Waals surface area contributed by atoms with Crippen LogP contribution in [0.15, 0.2) is 23.6 Å². The minimum atomic E-state index is 0.438. The summed E-state index contributed by atoms with van der Waals surface area (Å²) in [6, 6.07) is 6.21. The molecule has 0 N–H and O–H groups in total. The Morgan fingerprint density at radius 1 is 1.04 bits per heavy atom. The molecule has 1 aromatic carbocycles. The van der Waals surface area contributed by atoms with Gasteiger partial charge in [-0.05, 0) is 48.9 Å². The minimum absolute atomic E-state index is 0.438. The van der Waals surface area contributed by atoms with Crippen molar-refractivity contribution in [1.82, 2.24) is 9.97 Å². The Bertz CT molecular complexity index is 837. The molecule has 2 heterocycles. The largest absolute Gasteiger partial charge is 0.496 e. The summed E-state index contributed by atoms with van der Waals surface area (Å²) in [7, 11) is 1.71. The van der Waals surface area contributed by atoms with E-state index < -0.39 is 0 Å². The molecule has 3 rings (SSSR count). The van der Waals surface area contributed by atoms with E-state index in [1.165, 1.54) is 10.8 Å². The lowest BCUT2D eigenvalue weighted by molar-refractivity contribution is 0.412. The monoisotopic (exact) mass is 342 g/mol. The number of hydrogen-bond donors (Lipinski definition) is 0. The molecule has 0 unspecified atom stereocenters. The van der Waals surface area contributed by atoms with Crippen molar-refractivity contribution in [1.29, 1.82) is 0 Å². The number of benzene rings is 1. The van der Waals surface area contributed by atoms with Gasteiger partial charge in [-0.2, -0.15) is 0 Å². The Morgan fingerprint density at radius 2 is 1.75 bits per heavy atom. The number of ether oxygens (including phenoxy) is 1. The summed E-state index contributed by atoms with van der Waals surface area (Å²) < 4.78 is 5.44. The van der Waals surface area contributed by atoms with Gasteiger partial charge in [-0.3, -0.25) is 0 Å². The van der Waals surface area contributed by atoms with Crippen LogP contribution >= 0.6 is 11.3 Å². The third-order valence-corrected chi connectivity index (χ3v) is 4.86. The summed E-state index contributed by atoms with van der Waals surface area (Å²) in [5, 5.41) is 5.46. The highest BCUT2D eigenvalue weighted by molar-refractivity contribution is 7.13. The summed E-state index contributed by atoms with van der Waals surface area (Å²) in [6.07, 6.45) is 0. The van der Waals surface area contributed by atoms with Gasteiger partial charge in [0.25, 0.3) is 0 Å². The molecule has 0 spiro atoms. The van der Waals surface area contributed by atoms with Crippen LogP contribution in [0, 0.1) is 13.8 Å². The lowest BCUT2D eigenvalue weighted by atomic mass is 10.0. The predicted molar refractivity (Wildman–Crippen MR) is 104 cm³/mol. The highest BCUT2D eigenvalue weighted by Crippen LogP contribution is 2.33. The standard InChI is InChI=1S/C18H20N2OS.C2H6/c1-10(2)16-9-22-18(20-16)15-8-14-11(3)17(21-5)7-6-13(14)12(4)19-15;1-2/h6-10H,1-5H3;1-2H3. The van der Waals surface area contributed by atoms with Gasteiger partial charge in [0.1, 0.15) is 10.8 Å². The van der Waals surface area contributed by atoms with E-state index in [9.17, 15) is 0 Å². The van der Waals surface area contributed by atoms with Crippen molar-refractivity contribution < 1.29 is 4.74 Å². The number of fused-ring (bicyclic) bond motifs is 1. The summed E-state index contributed by atoms with van der Waals surface area (Å²) >= 11 is 1.66. The van der Waals surface area contributed by atoms with Crippen molar-refractivity contribution in [3.63, 3.8) is 0 Å². The van der Waals surface area contributed by atoms with Gasteiger partial charge >= 0.3 is 0 Å². The van der Waals surface area contributed by atoms with Crippen LogP contribution < -0.4 is 4.74 Å². The highest BCUT2D eigenvalue weighted by Gasteiger charge is 2.13. The third kappa shape index (κ3) is 3.44. The molecule has 0 radical (unpaired) electrons. The normalized spacial score (nSPS) is 10.7. The van der Waals surface area contributed by atoms with E-state index in [-0.39, 0.29) is 0 Å². The number of rotatable bonds is 3. The number of hydrogen-bond acceptors (Lipinski definition) is 4. The van der Waals surface area contributed by atoms with Crippen molar-refractivity contribution in [3.05, 3.63) is 40.5 Å². The van der Waals surface area contributed by atoms with Gasteiger partial charge in [0, 0.05) is 16.5 Å². The molecule has 0 saturated carbocycles. The number of nitrogens with zero attached hydrogens (tertiary/aromatic N) is 2. The molecule has 2 aromatic heterocycles. The summed E-state index contributed by atoms with van der Waals surface area (Å²) in [5.41, 5.74) is 4.24. The fourth-order valence-corrected chi connectivity index (χ4v) is 3.56. The smallest absolute Gasteiger partial charge is 0.142 e. The van der Waals surface area contributed by atoms with E-state index in [2.05, 4.69) is 45.2 Å². The molecule has 0 fully saturated rings. The maximum atomic E-state index is 5.44. The Kier molecular flexibility index (Phi) is 5.94. The Labute approximate surface area is 148 Å². The molecule has 0 aliphatic carbocycles. The number of aryl methyl sites for hydroxylation is 2. The van der Waals surface area contributed by atoms with E-state index >= 15 is 0 Å². The molecule has 3 aromatic rings. The van der Waals surface area contributed by atoms with Crippen LogP contribution in [0.5, 0.6) is 5.75 Å². The average molecular weight is 343 g/mol. The fourth-order valence-electron chi connectivity index (χ4n) is 2.62. The van der Waals surface area contributed by atoms with E-state index in [0.29, 0.717) is 5.92 Å². The molecule has 24 heavy (non-hydrogen) atoms. The highest BCUT2D eigenvalue weighted by atomic mass is 32.1. The van der Waals surface area contributed by atoms with Crippen LogP contribution in [-0.2, 0) is 0 Å². The van der Waals surface area contributed by atoms with Crippen LogP contribution in [0.3, 0.4) is 0 Å². The topological polar surface area (TPSA) is 35.0 Å². The van der Waals surface area contributed by atoms with Gasteiger partial charge < -0.3 is 4.74 Å². The van der Waals surface area contributed by atoms with Gasteiger partial charge in [0.05, 0.1) is 18.5 Å². The molecule has 0 bridgehead atoms. The second kappa shape index (κ2) is 7.75. The van der Waals surface area contributed by atoms with Gasteiger partial charge in [-0.1, -0.05) is 27.7 Å². The van der Waals surface area contributed by atoms with Crippen molar-refractivity contribution in [2.45, 2.75) is 47.5 Å². The molecule has 128 valence electrons. The zero-order valence-corrected chi connectivity index (χ0v) is 16.4. The van der Waals surface area contributed by atoms with Gasteiger partial charge in [0.2, 0.25) is 0 Å². The van der Waals surface area contributed by atoms with E-state index in [4.69, 9.17) is 14.7 Å². The van der Waals surface area contributed by atoms with E-state index in [1.54, 1.807) is 18.4 Å². The van der Waals surface area contributed by atoms with Crippen molar-refractivity contribution in [3.8, 4) is 16.5 Å². The summed E-state index contributed by atoms with van der Waals surface area (Å²) in [5.74, 6) is 1.35. The Balaban J connectivity index is 0.00000100. The van der Waals surface area contributed by atoms with Crippen molar-refractivity contribution >= 4 is 22.1 Å². The first-order chi connectivity index (χ1) is 11.5. The molecule has 0 amide bonds. The van der Waals surface area contributed by atoms with Crippen molar-refractivity contribution in [2.24, 2.45) is 0 Å². The second-order valence-electron chi connectivity index (χ2n) is 5.81. The Morgan fingerprint density at radius 3 is 2.33 bits per heavy atom. The molecule has 0 saturated heterocycles. The Hall–Kier alpha value is -1.94. The molecular formula is C20H26N2OS. The first-order valence-electron chi connectivity index (χ1n) is 8.42. The summed E-state index contributed by atoms with van der Waals surface area (Å²) in [6.45, 7) is 12.5. The zero-order chi connectivity index (χ0) is 17.9. The SMILES string of the molecule is CC.COc1ccc2c(C)nc(-c3nc(C(C)C)cs3)cc2c1C. The first kappa shape index (κ1) is 18.4. The number of thiazole rings is 1. The second-order valence-corrected chi connectivity index (χ2v) is 6.67. The number of methoxy groups -OCH3 is 1. The lowest BCUT2D eigenvalue weighted by Crippen LogP contribution is -1.94.